The molecule has 1 aromatic heterocycles. The monoisotopic (exact) mass is 700 g/mol. The third-order valence-corrected chi connectivity index (χ3v) is 13.6. The summed E-state index contributed by atoms with van der Waals surface area (Å²) in [6.07, 6.45) is -0.480. The van der Waals surface area contributed by atoms with Crippen LogP contribution in [-0.4, -0.2) is 75.4 Å². The zero-order chi connectivity index (χ0) is 36.8. The van der Waals surface area contributed by atoms with Gasteiger partial charge in [0.25, 0.3) is 5.97 Å². The van der Waals surface area contributed by atoms with E-state index in [2.05, 4.69) is 0 Å². The molecule has 0 radical (unpaired) electrons. The Kier molecular flexibility index (Phi) is 7.16. The van der Waals surface area contributed by atoms with Crippen LogP contribution in [0, 0.1) is 39.9 Å². The Hall–Kier alpha value is -3.29. The predicted molar refractivity (Wildman–Crippen MR) is 170 cm³/mol. The number of hydrogen-bond donors (Lipinski definition) is 1. The Balaban J connectivity index is 1.62. The van der Waals surface area contributed by atoms with E-state index in [1.165, 1.54) is 12.5 Å². The number of carboxylic acid groups (broad SMARTS) is 1. The van der Waals surface area contributed by atoms with Gasteiger partial charge in [-0.15, -0.1) is 0 Å². The number of furan rings is 1. The second-order valence-electron chi connectivity index (χ2n) is 17.0. The van der Waals surface area contributed by atoms with Crippen molar-refractivity contribution in [2.24, 2.45) is 39.9 Å². The van der Waals surface area contributed by atoms with Gasteiger partial charge < -0.3 is 37.9 Å². The minimum Gasteiger partial charge on any atom is -0.481 e. The van der Waals surface area contributed by atoms with E-state index < -0.39 is 104 Å². The summed E-state index contributed by atoms with van der Waals surface area (Å²) >= 11 is 0. The normalized spacial score (nSPS) is 45.1. The van der Waals surface area contributed by atoms with E-state index in [0.717, 1.165) is 0 Å². The first-order chi connectivity index (χ1) is 23.1. The number of carbonyl (C=O) groups is 5. The van der Waals surface area contributed by atoms with Gasteiger partial charge >= 0.3 is 23.9 Å². The van der Waals surface area contributed by atoms with Gasteiger partial charge in [0.1, 0.15) is 23.1 Å². The number of rotatable bonds is 10. The smallest absolute Gasteiger partial charge is 0.309 e. The number of carboxylic acids is 1. The number of ether oxygens (including phenoxy) is 6. The van der Waals surface area contributed by atoms with Crippen LogP contribution in [0.5, 0.6) is 0 Å². The SMILES string of the molecule is CCC12OC3(C)OC14C(C(C)(C)C(=O)c1ccoc1)CC(=O)OC4C1(OC(=O)C(C)C)C(OC(=O)C(C)C)C4(C)CC1(O3)C2(C)C4CC(=O)O. The van der Waals surface area contributed by atoms with Gasteiger partial charge in [-0.05, 0) is 24.8 Å². The van der Waals surface area contributed by atoms with E-state index in [-0.39, 0.29) is 37.0 Å². The molecule has 50 heavy (non-hydrogen) atoms. The maximum atomic E-state index is 14.5. The maximum Gasteiger partial charge on any atom is 0.309 e. The maximum absolute atomic E-state index is 14.5. The van der Waals surface area contributed by atoms with Gasteiger partial charge in [-0.1, -0.05) is 62.3 Å². The van der Waals surface area contributed by atoms with E-state index >= 15 is 0 Å². The lowest BCUT2D eigenvalue weighted by molar-refractivity contribution is -0.475. The van der Waals surface area contributed by atoms with Crippen LogP contribution in [-0.2, 0) is 47.6 Å². The van der Waals surface area contributed by atoms with Gasteiger partial charge in [0, 0.05) is 35.5 Å². The molecule has 274 valence electrons. The Bertz CT molecular complexity index is 1680. The molecular weight excluding hydrogens is 652 g/mol. The zero-order valence-electron chi connectivity index (χ0n) is 30.4. The summed E-state index contributed by atoms with van der Waals surface area (Å²) in [5.41, 5.74) is -10.5. The fourth-order valence-electron chi connectivity index (χ4n) is 11.9. The molecule has 13 nitrogen and oxygen atoms in total. The second kappa shape index (κ2) is 10.2. The quantitative estimate of drug-likeness (QED) is 0.200. The number of Topliss-reactive ketones (excluding diaryl/α,β-unsaturated/α-hetero) is 1. The van der Waals surface area contributed by atoms with Crippen LogP contribution in [0.15, 0.2) is 23.0 Å². The third-order valence-electron chi connectivity index (χ3n) is 13.6. The van der Waals surface area contributed by atoms with E-state index in [0.29, 0.717) is 0 Å². The highest BCUT2D eigenvalue weighted by Gasteiger charge is 3.04. The minimum atomic E-state index is -2.04. The van der Waals surface area contributed by atoms with Crippen LogP contribution in [0.4, 0.5) is 0 Å². The summed E-state index contributed by atoms with van der Waals surface area (Å²) in [7, 11) is 0. The molecule has 7 rings (SSSR count). The minimum absolute atomic E-state index is 0.0755. The Morgan fingerprint density at radius 3 is 2.24 bits per heavy atom. The summed E-state index contributed by atoms with van der Waals surface area (Å²) in [5.74, 6) is -8.30. The van der Waals surface area contributed by atoms with Gasteiger partial charge in [0.05, 0.1) is 30.1 Å². The molecule has 0 aromatic carbocycles. The van der Waals surface area contributed by atoms with Crippen molar-refractivity contribution >= 4 is 29.7 Å². The Morgan fingerprint density at radius 2 is 1.68 bits per heavy atom. The highest BCUT2D eigenvalue weighted by atomic mass is 16.9. The highest BCUT2D eigenvalue weighted by molar-refractivity contribution is 6.00. The molecule has 1 aromatic rings. The molecule has 11 atom stereocenters. The molecule has 2 spiro atoms. The summed E-state index contributed by atoms with van der Waals surface area (Å²) in [6, 6.07) is 1.54. The lowest BCUT2D eigenvalue weighted by Crippen LogP contribution is -2.94. The van der Waals surface area contributed by atoms with Gasteiger partial charge in [-0.3, -0.25) is 24.0 Å². The lowest BCUT2D eigenvalue weighted by Gasteiger charge is -2.75. The first kappa shape index (κ1) is 35.1. The van der Waals surface area contributed by atoms with Crippen molar-refractivity contribution in [3.63, 3.8) is 0 Å². The number of carbonyl (C=O) groups excluding carboxylic acids is 4. The van der Waals surface area contributed by atoms with Crippen LogP contribution in [0.25, 0.3) is 0 Å². The first-order valence-corrected chi connectivity index (χ1v) is 17.6. The molecule has 4 bridgehead atoms. The zero-order valence-corrected chi connectivity index (χ0v) is 30.4. The van der Waals surface area contributed by atoms with Crippen molar-refractivity contribution in [3.8, 4) is 0 Å². The van der Waals surface area contributed by atoms with Crippen molar-refractivity contribution < 1.29 is 61.9 Å². The standard InChI is InChI=1S/C37H48O13/c1-11-34-32(9)22(14-23(38)39)31(8)17-35(32)37(47-27(43)19(4)5,28(31)46-26(42)18(2)3)29-36(34,50-33(10,48-34)49-35)21(15-24(40)45-29)30(6,7)25(41)20-12-13-44-16-20/h12-13,16,18-19,21-22,28-29H,11,14-15,17H2,1-10H3,(H,38,39). The second-order valence-corrected chi connectivity index (χ2v) is 17.0. The van der Waals surface area contributed by atoms with E-state index in [9.17, 15) is 29.1 Å². The van der Waals surface area contributed by atoms with Crippen LogP contribution in [0.3, 0.4) is 0 Å². The van der Waals surface area contributed by atoms with E-state index in [1.54, 1.807) is 54.5 Å². The van der Waals surface area contributed by atoms with Gasteiger partial charge in [0.2, 0.25) is 5.60 Å². The van der Waals surface area contributed by atoms with Crippen LogP contribution in [0.2, 0.25) is 0 Å². The Morgan fingerprint density at radius 1 is 1.02 bits per heavy atom. The van der Waals surface area contributed by atoms with Crippen molar-refractivity contribution in [1.29, 1.82) is 0 Å². The number of esters is 3. The highest BCUT2D eigenvalue weighted by Crippen LogP contribution is 2.89. The van der Waals surface area contributed by atoms with Gasteiger partial charge in [0.15, 0.2) is 18.0 Å². The van der Waals surface area contributed by atoms with Gasteiger partial charge in [-0.25, -0.2) is 0 Å². The summed E-state index contributed by atoms with van der Waals surface area (Å²) in [6.45, 7) is 17.3. The average Bonchev–Trinajstić information content (AvgIpc) is 3.72. The number of aliphatic carboxylic acids is 1. The van der Waals surface area contributed by atoms with Gasteiger partial charge in [-0.2, -0.15) is 0 Å². The van der Waals surface area contributed by atoms with Crippen LogP contribution >= 0.6 is 0 Å². The van der Waals surface area contributed by atoms with Crippen molar-refractivity contribution in [3.05, 3.63) is 24.2 Å². The molecule has 3 saturated carbocycles. The molecule has 3 aliphatic carbocycles. The van der Waals surface area contributed by atoms with Crippen LogP contribution in [0.1, 0.15) is 105 Å². The fourth-order valence-corrected chi connectivity index (χ4v) is 11.9. The largest absolute Gasteiger partial charge is 0.481 e. The molecule has 11 unspecified atom stereocenters. The molecule has 6 aliphatic rings. The summed E-state index contributed by atoms with van der Waals surface area (Å²) in [5, 5.41) is 10.5. The molecule has 0 amide bonds. The molecule has 3 aliphatic heterocycles. The number of fused-ring (bicyclic) bond motifs is 3. The summed E-state index contributed by atoms with van der Waals surface area (Å²) in [4.78, 5) is 69.3. The predicted octanol–water partition coefficient (Wildman–Crippen LogP) is 4.84. The molecule has 3 saturated heterocycles. The third kappa shape index (κ3) is 3.62. The van der Waals surface area contributed by atoms with Crippen molar-refractivity contribution in [2.45, 2.75) is 136 Å². The first-order valence-electron chi connectivity index (χ1n) is 17.6. The van der Waals surface area contributed by atoms with Crippen LogP contribution < -0.4 is 0 Å². The molecule has 6 fully saturated rings. The van der Waals surface area contributed by atoms with Crippen molar-refractivity contribution in [2.75, 3.05) is 0 Å². The Labute approximate surface area is 291 Å². The topological polar surface area (TPSA) is 174 Å². The molecule has 13 heteroatoms. The molecule has 4 heterocycles. The van der Waals surface area contributed by atoms with E-state index in [1.807, 2.05) is 20.8 Å². The number of hydrogen-bond acceptors (Lipinski definition) is 12. The average molecular weight is 701 g/mol. The van der Waals surface area contributed by atoms with Crippen molar-refractivity contribution in [1.82, 2.24) is 0 Å². The number of ketones is 1. The summed E-state index contributed by atoms with van der Waals surface area (Å²) < 4.78 is 46.2. The molecule has 1 N–H and O–H groups in total. The lowest BCUT2D eigenvalue weighted by atomic mass is 9.35. The van der Waals surface area contributed by atoms with E-state index in [4.69, 9.17) is 32.8 Å². The fraction of sp³-hybridized carbons (Fsp3) is 0.757. The molecular formula is C37H48O13.